The first-order valence-corrected chi connectivity index (χ1v) is 7.22. The first kappa shape index (κ1) is 26.3. The van der Waals surface area contributed by atoms with E-state index in [2.05, 4.69) is 9.47 Å². The lowest BCUT2D eigenvalue weighted by Gasteiger charge is -2.55. The van der Waals surface area contributed by atoms with Gasteiger partial charge in [-0.2, -0.15) is 57.1 Å². The zero-order valence-electron chi connectivity index (χ0n) is 14.1. The van der Waals surface area contributed by atoms with Crippen LogP contribution >= 0.6 is 0 Å². The van der Waals surface area contributed by atoms with Crippen molar-refractivity contribution < 1.29 is 76.5 Å². The van der Waals surface area contributed by atoms with Crippen molar-refractivity contribution in [2.75, 3.05) is 0 Å². The lowest BCUT2D eigenvalue weighted by Crippen LogP contribution is -2.83. The van der Waals surface area contributed by atoms with E-state index in [0.717, 1.165) is 0 Å². The molecule has 17 heteroatoms. The summed E-state index contributed by atoms with van der Waals surface area (Å²) in [5, 5.41) is 9.21. The summed E-state index contributed by atoms with van der Waals surface area (Å²) in [6.45, 7) is 2.04. The predicted octanol–water partition coefficient (Wildman–Crippen LogP) is 4.28. The summed E-state index contributed by atoms with van der Waals surface area (Å²) in [5.41, 5.74) is -8.35. The number of carbonyl (C=O) groups is 1. The summed E-state index contributed by atoms with van der Waals surface area (Å²) in [7, 11) is 0. The fourth-order valence-corrected chi connectivity index (χ4v) is 2.45. The van der Waals surface area contributed by atoms with Gasteiger partial charge in [-0.05, 0) is 6.42 Å². The SMILES string of the molecule is C=C(C(=O)OC1C(F)(F)C(O)(C(F)(F)F)OC(CC)(C(F)(F)F)C1(F)F)C(F)(F)F. The van der Waals surface area contributed by atoms with E-state index in [9.17, 15) is 67.0 Å². The van der Waals surface area contributed by atoms with Crippen LogP contribution < -0.4 is 0 Å². The van der Waals surface area contributed by atoms with Gasteiger partial charge in [0.2, 0.25) is 11.7 Å². The lowest BCUT2D eigenvalue weighted by atomic mass is 9.79. The second kappa shape index (κ2) is 6.86. The molecule has 1 saturated heterocycles. The van der Waals surface area contributed by atoms with E-state index in [-0.39, 0.29) is 6.92 Å². The third-order valence-corrected chi connectivity index (χ3v) is 4.12. The fraction of sp³-hybridized carbons (Fsp3) is 0.769. The summed E-state index contributed by atoms with van der Waals surface area (Å²) in [6.07, 6.45) is -26.8. The molecule has 1 N–H and O–H groups in total. The van der Waals surface area contributed by atoms with Gasteiger partial charge in [0.1, 0.15) is 5.57 Å². The standard InChI is InChI=1S/C13H9F13O4/c1-3-7(12(21,22)23)8(14,15)6(29-5(27)4(2)10(18,19)20)9(16,17)11(28,30-7)13(24,25)26/h6,28H,2-3H2,1H3. The highest BCUT2D eigenvalue weighted by atomic mass is 19.4. The monoisotopic (exact) mass is 476 g/mol. The molecule has 1 heterocycles. The Morgan fingerprint density at radius 2 is 1.40 bits per heavy atom. The van der Waals surface area contributed by atoms with Crippen LogP contribution in [0, 0.1) is 0 Å². The third kappa shape index (κ3) is 3.48. The highest BCUT2D eigenvalue weighted by molar-refractivity contribution is 5.89. The predicted molar refractivity (Wildman–Crippen MR) is 66.1 cm³/mol. The molecule has 0 aromatic rings. The second-order valence-corrected chi connectivity index (χ2v) is 5.93. The zero-order chi connectivity index (χ0) is 24.4. The van der Waals surface area contributed by atoms with Crippen LogP contribution in [0.2, 0.25) is 0 Å². The van der Waals surface area contributed by atoms with Gasteiger partial charge in [0.05, 0.1) is 0 Å². The van der Waals surface area contributed by atoms with E-state index < -0.39 is 65.8 Å². The third-order valence-electron chi connectivity index (χ3n) is 4.12. The zero-order valence-corrected chi connectivity index (χ0v) is 14.1. The van der Waals surface area contributed by atoms with Crippen molar-refractivity contribution in [3.63, 3.8) is 0 Å². The van der Waals surface area contributed by atoms with Gasteiger partial charge in [-0.1, -0.05) is 13.5 Å². The Morgan fingerprint density at radius 1 is 0.967 bits per heavy atom. The number of aliphatic hydroxyl groups is 1. The number of alkyl halides is 13. The van der Waals surface area contributed by atoms with Crippen LogP contribution in [-0.4, -0.2) is 58.9 Å². The van der Waals surface area contributed by atoms with Crippen LogP contribution in [0.1, 0.15) is 13.3 Å². The smallest absolute Gasteiger partial charge is 0.445 e. The van der Waals surface area contributed by atoms with E-state index in [1.54, 1.807) is 0 Å². The largest absolute Gasteiger partial charge is 0.449 e. The molecule has 0 spiro atoms. The number of halogens is 13. The Balaban J connectivity index is 3.82. The van der Waals surface area contributed by atoms with Crippen molar-refractivity contribution in [3.05, 3.63) is 12.2 Å². The van der Waals surface area contributed by atoms with Crippen molar-refractivity contribution in [2.24, 2.45) is 0 Å². The van der Waals surface area contributed by atoms with E-state index in [0.29, 0.717) is 0 Å². The molecular formula is C13H9F13O4. The van der Waals surface area contributed by atoms with Gasteiger partial charge in [-0.3, -0.25) is 0 Å². The van der Waals surface area contributed by atoms with Crippen LogP contribution in [0.25, 0.3) is 0 Å². The molecule has 0 saturated carbocycles. The van der Waals surface area contributed by atoms with Crippen LogP contribution in [0.3, 0.4) is 0 Å². The number of carbonyl (C=O) groups excluding carboxylic acids is 1. The Hall–Kier alpha value is -1.78. The number of rotatable bonds is 3. The fourth-order valence-electron chi connectivity index (χ4n) is 2.45. The molecule has 3 atom stereocenters. The summed E-state index contributed by atoms with van der Waals surface area (Å²) in [5.74, 6) is -22.5. The quantitative estimate of drug-likeness (QED) is 0.376. The molecule has 0 aliphatic carbocycles. The molecule has 1 aliphatic heterocycles. The first-order chi connectivity index (χ1) is 12.9. The molecule has 3 unspecified atom stereocenters. The van der Waals surface area contributed by atoms with E-state index in [4.69, 9.17) is 0 Å². The molecule has 0 aromatic carbocycles. The van der Waals surface area contributed by atoms with E-state index in [1.807, 2.05) is 6.58 Å². The normalized spacial score (nSPS) is 31.9. The lowest BCUT2D eigenvalue weighted by molar-refractivity contribution is -0.540. The van der Waals surface area contributed by atoms with Crippen molar-refractivity contribution in [1.82, 2.24) is 0 Å². The summed E-state index contributed by atoms with van der Waals surface area (Å²) in [4.78, 5) is 11.2. The van der Waals surface area contributed by atoms with Crippen LogP contribution in [-0.2, 0) is 14.3 Å². The van der Waals surface area contributed by atoms with Crippen LogP contribution in [0.5, 0.6) is 0 Å². The van der Waals surface area contributed by atoms with Gasteiger partial charge >= 0.3 is 42.1 Å². The summed E-state index contributed by atoms with van der Waals surface area (Å²) >= 11 is 0. The van der Waals surface area contributed by atoms with Crippen molar-refractivity contribution >= 4 is 5.97 Å². The molecule has 1 fully saturated rings. The van der Waals surface area contributed by atoms with E-state index >= 15 is 0 Å². The Bertz CT molecular complexity index is 707. The molecular weight excluding hydrogens is 467 g/mol. The van der Waals surface area contributed by atoms with Gasteiger partial charge in [0.25, 0.3) is 0 Å². The highest BCUT2D eigenvalue weighted by Gasteiger charge is 2.91. The van der Waals surface area contributed by atoms with Gasteiger partial charge in [-0.25, -0.2) is 4.79 Å². The molecule has 0 radical (unpaired) electrons. The van der Waals surface area contributed by atoms with Gasteiger partial charge in [0, 0.05) is 0 Å². The molecule has 4 nitrogen and oxygen atoms in total. The molecule has 0 bridgehead atoms. The topological polar surface area (TPSA) is 55.8 Å². The van der Waals surface area contributed by atoms with E-state index in [1.165, 1.54) is 0 Å². The van der Waals surface area contributed by atoms with Crippen LogP contribution in [0.15, 0.2) is 12.2 Å². The van der Waals surface area contributed by atoms with Gasteiger partial charge in [-0.15, -0.1) is 0 Å². The first-order valence-electron chi connectivity index (χ1n) is 7.22. The number of hydrogen-bond acceptors (Lipinski definition) is 4. The Kier molecular flexibility index (Phi) is 6.01. The molecule has 0 aromatic heterocycles. The van der Waals surface area contributed by atoms with Gasteiger partial charge < -0.3 is 14.6 Å². The Labute approximate surface area is 157 Å². The van der Waals surface area contributed by atoms with Crippen molar-refractivity contribution in [3.8, 4) is 0 Å². The molecule has 176 valence electrons. The minimum Gasteiger partial charge on any atom is -0.445 e. The molecule has 1 aliphatic rings. The Morgan fingerprint density at radius 3 is 1.70 bits per heavy atom. The molecule has 0 amide bonds. The molecule has 30 heavy (non-hydrogen) atoms. The summed E-state index contributed by atoms with van der Waals surface area (Å²) < 4.78 is 179. The minimum absolute atomic E-state index is 0.0924. The maximum absolute atomic E-state index is 14.4. The summed E-state index contributed by atoms with van der Waals surface area (Å²) in [6, 6.07) is 0. The maximum atomic E-state index is 14.4. The van der Waals surface area contributed by atoms with Crippen molar-refractivity contribution in [1.29, 1.82) is 0 Å². The average Bonchev–Trinajstić information content (AvgIpc) is 2.51. The highest BCUT2D eigenvalue weighted by Crippen LogP contribution is 2.62. The van der Waals surface area contributed by atoms with Gasteiger partial charge in [0.15, 0.2) is 0 Å². The maximum Gasteiger partial charge on any atom is 0.449 e. The average molecular weight is 476 g/mol. The number of hydrogen-bond donors (Lipinski definition) is 1. The second-order valence-electron chi connectivity index (χ2n) is 5.93. The molecule has 1 rings (SSSR count). The van der Waals surface area contributed by atoms with Crippen molar-refractivity contribution in [2.45, 2.75) is 61.2 Å². The minimum atomic E-state index is -6.91. The number of ether oxygens (including phenoxy) is 2. The number of esters is 1. The van der Waals surface area contributed by atoms with Crippen LogP contribution in [0.4, 0.5) is 57.1 Å².